The van der Waals surface area contributed by atoms with Crippen molar-refractivity contribution in [3.63, 3.8) is 0 Å². The maximum atomic E-state index is 5.75. The lowest BCUT2D eigenvalue weighted by atomic mass is 10.3. The molecule has 1 aromatic carbocycles. The molecule has 0 heterocycles. The maximum Gasteiger partial charge on any atom is 0.193 e. The summed E-state index contributed by atoms with van der Waals surface area (Å²) in [4.78, 5) is 4.29. The van der Waals surface area contributed by atoms with E-state index in [9.17, 15) is 0 Å². The quantitative estimate of drug-likeness (QED) is 0.601. The minimum atomic E-state index is 0.440. The van der Waals surface area contributed by atoms with Gasteiger partial charge in [0.2, 0.25) is 0 Å². The molecule has 0 bridgehead atoms. The van der Waals surface area contributed by atoms with Crippen LogP contribution < -0.4 is 15.8 Å². The summed E-state index contributed by atoms with van der Waals surface area (Å²) in [6.07, 6.45) is 2.32. The molecule has 0 aliphatic heterocycles. The highest BCUT2D eigenvalue weighted by Crippen LogP contribution is 2.23. The Morgan fingerprint density at radius 2 is 2.12 bits per heavy atom. The van der Waals surface area contributed by atoms with Crippen molar-refractivity contribution in [2.24, 2.45) is 10.7 Å². The highest BCUT2D eigenvalue weighted by Gasteiger charge is 2.20. The highest BCUT2D eigenvalue weighted by atomic mass is 16.5. The fourth-order valence-electron chi connectivity index (χ4n) is 1.38. The first-order valence-electron chi connectivity index (χ1n) is 5.61. The van der Waals surface area contributed by atoms with Crippen molar-refractivity contribution in [2.45, 2.75) is 25.8 Å². The number of nitrogens with two attached hydrogens (primary N) is 1. The predicted octanol–water partition coefficient (Wildman–Crippen LogP) is 1.97. The first kappa shape index (κ1) is 10.8. The van der Waals surface area contributed by atoms with Gasteiger partial charge >= 0.3 is 0 Å². The average Bonchev–Trinajstić information content (AvgIpc) is 3.05. The molecule has 0 amide bonds. The van der Waals surface area contributed by atoms with Gasteiger partial charge in [-0.15, -0.1) is 0 Å². The average molecular weight is 219 g/mol. The SMILES string of the molecule is CCOc1ccc(NC(N)=NC2CC2)cc1. The molecule has 4 nitrogen and oxygen atoms in total. The number of hydrogen-bond acceptors (Lipinski definition) is 2. The van der Waals surface area contributed by atoms with E-state index < -0.39 is 0 Å². The molecule has 1 aliphatic carbocycles. The number of nitrogens with one attached hydrogen (secondary N) is 1. The summed E-state index contributed by atoms with van der Waals surface area (Å²) < 4.78 is 5.35. The van der Waals surface area contributed by atoms with Crippen LogP contribution in [0.5, 0.6) is 5.75 Å². The van der Waals surface area contributed by atoms with E-state index in [1.165, 1.54) is 0 Å². The molecule has 4 heteroatoms. The molecule has 0 radical (unpaired) electrons. The number of nitrogens with zero attached hydrogens (tertiary/aromatic N) is 1. The maximum absolute atomic E-state index is 5.75. The molecule has 0 spiro atoms. The van der Waals surface area contributed by atoms with Crippen LogP contribution >= 0.6 is 0 Å². The second-order valence-electron chi connectivity index (χ2n) is 3.83. The van der Waals surface area contributed by atoms with Gasteiger partial charge in [-0.05, 0) is 44.0 Å². The van der Waals surface area contributed by atoms with Gasteiger partial charge in [0.05, 0.1) is 12.6 Å². The predicted molar refractivity (Wildman–Crippen MR) is 65.9 cm³/mol. The van der Waals surface area contributed by atoms with Crippen molar-refractivity contribution in [1.29, 1.82) is 0 Å². The van der Waals surface area contributed by atoms with Crippen molar-refractivity contribution in [3.8, 4) is 5.75 Å². The van der Waals surface area contributed by atoms with Crippen LogP contribution in [-0.2, 0) is 0 Å². The topological polar surface area (TPSA) is 59.6 Å². The molecular weight excluding hydrogens is 202 g/mol. The molecule has 0 atom stereocenters. The standard InChI is InChI=1S/C12H17N3O/c1-2-16-11-7-5-10(6-8-11)15-12(13)14-9-3-4-9/h5-9H,2-4H2,1H3,(H3,13,14,15). The number of aliphatic imine (C=N–C) groups is 1. The third kappa shape index (κ3) is 3.15. The Bertz CT molecular complexity index is 368. The summed E-state index contributed by atoms with van der Waals surface area (Å²) in [7, 11) is 0. The van der Waals surface area contributed by atoms with Crippen molar-refractivity contribution in [3.05, 3.63) is 24.3 Å². The van der Waals surface area contributed by atoms with Crippen LogP contribution in [0, 0.1) is 0 Å². The Morgan fingerprint density at radius 1 is 1.44 bits per heavy atom. The molecule has 0 unspecified atom stereocenters. The largest absolute Gasteiger partial charge is 0.494 e. The number of guanidine groups is 1. The third-order valence-corrected chi connectivity index (χ3v) is 2.31. The fraction of sp³-hybridized carbons (Fsp3) is 0.417. The minimum Gasteiger partial charge on any atom is -0.494 e. The van der Waals surface area contributed by atoms with Gasteiger partial charge in [0.1, 0.15) is 5.75 Å². The molecule has 1 saturated carbocycles. The van der Waals surface area contributed by atoms with Crippen molar-refractivity contribution < 1.29 is 4.74 Å². The van der Waals surface area contributed by atoms with E-state index in [0.717, 1.165) is 24.3 Å². The van der Waals surface area contributed by atoms with Crippen LogP contribution in [0.3, 0.4) is 0 Å². The minimum absolute atomic E-state index is 0.440. The fourth-order valence-corrected chi connectivity index (χ4v) is 1.38. The zero-order valence-corrected chi connectivity index (χ0v) is 9.44. The van der Waals surface area contributed by atoms with Crippen molar-refractivity contribution in [1.82, 2.24) is 0 Å². The van der Waals surface area contributed by atoms with Gasteiger partial charge in [0.15, 0.2) is 5.96 Å². The van der Waals surface area contributed by atoms with E-state index in [-0.39, 0.29) is 0 Å². The number of hydrogen-bond donors (Lipinski definition) is 2. The van der Waals surface area contributed by atoms with Gasteiger partial charge in [-0.2, -0.15) is 0 Å². The van der Waals surface area contributed by atoms with E-state index in [1.807, 2.05) is 31.2 Å². The first-order chi connectivity index (χ1) is 7.78. The van der Waals surface area contributed by atoms with E-state index >= 15 is 0 Å². The number of ether oxygens (including phenoxy) is 1. The summed E-state index contributed by atoms with van der Waals surface area (Å²) in [5.41, 5.74) is 6.69. The zero-order valence-electron chi connectivity index (χ0n) is 9.44. The molecule has 0 aromatic heterocycles. The van der Waals surface area contributed by atoms with Crippen molar-refractivity contribution >= 4 is 11.6 Å². The Hall–Kier alpha value is -1.71. The summed E-state index contributed by atoms with van der Waals surface area (Å²) >= 11 is 0. The van der Waals surface area contributed by atoms with Gasteiger partial charge < -0.3 is 15.8 Å². The number of anilines is 1. The van der Waals surface area contributed by atoms with Gasteiger partial charge in [-0.3, -0.25) is 0 Å². The zero-order chi connectivity index (χ0) is 11.4. The summed E-state index contributed by atoms with van der Waals surface area (Å²) in [5, 5.41) is 3.05. The van der Waals surface area contributed by atoms with Gasteiger partial charge in [-0.1, -0.05) is 0 Å². The van der Waals surface area contributed by atoms with Crippen LogP contribution in [0.2, 0.25) is 0 Å². The van der Waals surface area contributed by atoms with Crippen LogP contribution in [-0.4, -0.2) is 18.6 Å². The number of rotatable bonds is 4. The van der Waals surface area contributed by atoms with Crippen LogP contribution in [0.25, 0.3) is 0 Å². The van der Waals surface area contributed by atoms with Gasteiger partial charge in [0.25, 0.3) is 0 Å². The molecule has 1 fully saturated rings. The lowest BCUT2D eigenvalue weighted by Crippen LogP contribution is -2.22. The van der Waals surface area contributed by atoms with Crippen LogP contribution in [0.4, 0.5) is 5.69 Å². The second kappa shape index (κ2) is 4.88. The van der Waals surface area contributed by atoms with Crippen molar-refractivity contribution in [2.75, 3.05) is 11.9 Å². The molecule has 1 aliphatic rings. The van der Waals surface area contributed by atoms with E-state index in [1.54, 1.807) is 0 Å². The monoisotopic (exact) mass is 219 g/mol. The van der Waals surface area contributed by atoms with Crippen LogP contribution in [0.1, 0.15) is 19.8 Å². The summed E-state index contributed by atoms with van der Waals surface area (Å²) in [5.74, 6) is 1.36. The normalized spacial score (nSPS) is 15.9. The smallest absolute Gasteiger partial charge is 0.193 e. The highest BCUT2D eigenvalue weighted by molar-refractivity contribution is 5.92. The summed E-state index contributed by atoms with van der Waals surface area (Å²) in [6, 6.07) is 8.13. The molecular formula is C12H17N3O. The molecule has 2 rings (SSSR count). The Balaban J connectivity index is 1.93. The number of benzene rings is 1. The Morgan fingerprint density at radius 3 is 2.69 bits per heavy atom. The molecule has 0 saturated heterocycles. The Kier molecular flexibility index (Phi) is 3.29. The lowest BCUT2D eigenvalue weighted by molar-refractivity contribution is 0.340. The van der Waals surface area contributed by atoms with Gasteiger partial charge in [-0.25, -0.2) is 4.99 Å². The Labute approximate surface area is 95.5 Å². The van der Waals surface area contributed by atoms with E-state index in [0.29, 0.717) is 18.6 Å². The summed E-state index contributed by atoms with van der Waals surface area (Å²) in [6.45, 7) is 2.64. The third-order valence-electron chi connectivity index (χ3n) is 2.31. The first-order valence-corrected chi connectivity index (χ1v) is 5.61. The molecule has 1 aromatic rings. The lowest BCUT2D eigenvalue weighted by Gasteiger charge is -2.07. The van der Waals surface area contributed by atoms with Gasteiger partial charge in [0, 0.05) is 5.69 Å². The van der Waals surface area contributed by atoms with Crippen LogP contribution in [0.15, 0.2) is 29.3 Å². The van der Waals surface area contributed by atoms with E-state index in [2.05, 4.69) is 10.3 Å². The van der Waals surface area contributed by atoms with E-state index in [4.69, 9.17) is 10.5 Å². The second-order valence-corrected chi connectivity index (χ2v) is 3.83. The molecule has 86 valence electrons. The molecule has 16 heavy (non-hydrogen) atoms. The molecule has 3 N–H and O–H groups in total.